The lowest BCUT2D eigenvalue weighted by Crippen LogP contribution is -2.05. The number of nitrogens with two attached hydrogens (primary N) is 1. The van der Waals surface area contributed by atoms with Gasteiger partial charge in [0.15, 0.2) is 0 Å². The van der Waals surface area contributed by atoms with Crippen LogP contribution in [0.1, 0.15) is 13.3 Å². The maximum Gasteiger partial charge on any atom is 0.291 e. The van der Waals surface area contributed by atoms with Gasteiger partial charge in [0.25, 0.3) is 5.09 Å². The molecule has 0 aromatic heterocycles. The normalized spacial score (nSPS) is 6.78. The molecule has 0 fully saturated rings. The van der Waals surface area contributed by atoms with E-state index in [9.17, 15) is 0 Å². The van der Waals surface area contributed by atoms with E-state index in [-0.39, 0.29) is 5.84 Å². The molecule has 54 valence electrons. The molecular weight excluding hydrogens is 126 g/mol. The number of hydrogen-bond donors (Lipinski definition) is 3. The largest absolute Gasteiger partial charge is 0.388 e. The van der Waals surface area contributed by atoms with Crippen LogP contribution in [-0.2, 0) is 0 Å². The van der Waals surface area contributed by atoms with Crippen molar-refractivity contribution in [2.24, 2.45) is 5.73 Å². The quantitative estimate of drug-likeness (QED) is 0.203. The molecule has 4 N–H and O–H groups in total. The molecule has 0 atom stereocenters. The fourth-order valence-corrected chi connectivity index (χ4v) is 0. The van der Waals surface area contributed by atoms with E-state index in [1.54, 1.807) is 0 Å². The van der Waals surface area contributed by atoms with Crippen LogP contribution in [0.4, 0.5) is 0 Å². The Kier molecular flexibility index (Phi) is 7.87. The van der Waals surface area contributed by atoms with E-state index in [1.807, 2.05) is 6.92 Å². The molecule has 9 heavy (non-hydrogen) atoms. The molecule has 0 spiro atoms. The van der Waals surface area contributed by atoms with Crippen LogP contribution in [-0.4, -0.2) is 16.1 Å². The average Bonchev–Trinajstić information content (AvgIpc) is 1.65. The van der Waals surface area contributed by atoms with Gasteiger partial charge in [-0.05, 0) is 0 Å². The summed E-state index contributed by atoms with van der Waals surface area (Å²) >= 11 is 0. The van der Waals surface area contributed by atoms with E-state index in [2.05, 4.69) is 0 Å². The van der Waals surface area contributed by atoms with E-state index in [0.29, 0.717) is 6.42 Å². The van der Waals surface area contributed by atoms with Gasteiger partial charge in [0.1, 0.15) is 0 Å². The number of nitrogens with zero attached hydrogens (tertiary/aromatic N) is 1. The van der Waals surface area contributed by atoms with Gasteiger partial charge < -0.3 is 10.9 Å². The number of hydrogen-bond acceptors (Lipinski definition) is 3. The highest BCUT2D eigenvalue weighted by atomic mass is 16.9. The molecule has 0 aliphatic heterocycles. The molecule has 6 heteroatoms. The fraction of sp³-hybridized carbons (Fsp3) is 0.667. The first-order valence-electron chi connectivity index (χ1n) is 2.16. The van der Waals surface area contributed by atoms with Crippen molar-refractivity contribution in [3.05, 3.63) is 10.1 Å². The van der Waals surface area contributed by atoms with Gasteiger partial charge in [-0.15, -0.1) is 10.1 Å². The van der Waals surface area contributed by atoms with Gasteiger partial charge in [0.05, 0.1) is 5.84 Å². The molecule has 0 rings (SSSR count). The third-order valence-electron chi connectivity index (χ3n) is 0.381. The summed E-state index contributed by atoms with van der Waals surface area (Å²) in [5, 5.41) is 20.2. The second-order valence-electron chi connectivity index (χ2n) is 1.12. The molecule has 0 aliphatic rings. The highest BCUT2D eigenvalue weighted by Crippen LogP contribution is 1.64. The van der Waals surface area contributed by atoms with Gasteiger partial charge in [-0.2, -0.15) is 0 Å². The first-order valence-corrected chi connectivity index (χ1v) is 2.16. The Balaban J connectivity index is 0. The number of rotatable bonds is 1. The van der Waals surface area contributed by atoms with Gasteiger partial charge in [-0.25, -0.2) is 0 Å². The van der Waals surface area contributed by atoms with Crippen LogP contribution in [0.5, 0.6) is 0 Å². The van der Waals surface area contributed by atoms with E-state index in [1.165, 1.54) is 0 Å². The van der Waals surface area contributed by atoms with Crippen LogP contribution in [0.2, 0.25) is 0 Å². The zero-order valence-electron chi connectivity index (χ0n) is 5.00. The Morgan fingerprint density at radius 3 is 2.11 bits per heavy atom. The second kappa shape index (κ2) is 6.67. The minimum Gasteiger partial charge on any atom is -0.388 e. The molecule has 0 aromatic rings. The van der Waals surface area contributed by atoms with Crippen molar-refractivity contribution < 1.29 is 10.3 Å². The third-order valence-corrected chi connectivity index (χ3v) is 0.381. The van der Waals surface area contributed by atoms with Crippen LogP contribution in [0.15, 0.2) is 0 Å². The Morgan fingerprint density at radius 2 is 2.11 bits per heavy atom. The first-order chi connectivity index (χ1) is 4.00. The van der Waals surface area contributed by atoms with Crippen LogP contribution in [0, 0.1) is 15.5 Å². The third kappa shape index (κ3) is 324. The smallest absolute Gasteiger partial charge is 0.291 e. The van der Waals surface area contributed by atoms with Gasteiger partial charge in [-0.3, -0.25) is 5.41 Å². The summed E-state index contributed by atoms with van der Waals surface area (Å²) in [6.07, 6.45) is 0.667. The molecule has 0 unspecified atom stereocenters. The van der Waals surface area contributed by atoms with Gasteiger partial charge in [-0.1, -0.05) is 6.92 Å². The SMILES string of the molecule is CCC(=N)N.O=[N+]([O-])O. The van der Waals surface area contributed by atoms with Crippen molar-refractivity contribution in [2.75, 3.05) is 0 Å². The van der Waals surface area contributed by atoms with Crippen molar-refractivity contribution in [1.82, 2.24) is 0 Å². The van der Waals surface area contributed by atoms with E-state index >= 15 is 0 Å². The minimum absolute atomic E-state index is 0.255. The molecule has 0 bridgehead atoms. The fourth-order valence-electron chi connectivity index (χ4n) is 0. The van der Waals surface area contributed by atoms with Crippen molar-refractivity contribution in [2.45, 2.75) is 13.3 Å². The Hall–Kier alpha value is -1.33. The summed E-state index contributed by atoms with van der Waals surface area (Å²) in [6.45, 7) is 1.85. The molecule has 0 radical (unpaired) electrons. The number of amidine groups is 1. The molecule has 0 saturated carbocycles. The summed E-state index contributed by atoms with van der Waals surface area (Å²) in [4.78, 5) is 8.36. The first kappa shape index (κ1) is 10.6. The second-order valence-corrected chi connectivity index (χ2v) is 1.12. The van der Waals surface area contributed by atoms with Crippen LogP contribution in [0.3, 0.4) is 0 Å². The maximum atomic E-state index is 8.36. The van der Waals surface area contributed by atoms with Gasteiger partial charge in [0, 0.05) is 6.42 Å². The summed E-state index contributed by atoms with van der Waals surface area (Å²) < 4.78 is 0. The highest BCUT2D eigenvalue weighted by molar-refractivity contribution is 5.76. The molecule has 6 nitrogen and oxygen atoms in total. The highest BCUT2D eigenvalue weighted by Gasteiger charge is 1.70. The van der Waals surface area contributed by atoms with Crippen molar-refractivity contribution >= 4 is 5.84 Å². The standard InChI is InChI=1S/C3H8N2.HNO3/c1-2-3(4)5;2-1(3)4/h2H2,1H3,(H3,4,5);(H,2,3,4). The van der Waals surface area contributed by atoms with Crippen LogP contribution >= 0.6 is 0 Å². The van der Waals surface area contributed by atoms with Crippen molar-refractivity contribution in [1.29, 1.82) is 5.41 Å². The minimum atomic E-state index is -1.50. The van der Waals surface area contributed by atoms with Gasteiger partial charge >= 0.3 is 0 Å². The van der Waals surface area contributed by atoms with E-state index < -0.39 is 5.09 Å². The molecule has 0 aromatic carbocycles. The Labute approximate surface area is 51.9 Å². The summed E-state index contributed by atoms with van der Waals surface area (Å²) in [7, 11) is 0. The Morgan fingerprint density at radius 1 is 2.00 bits per heavy atom. The molecule has 0 saturated heterocycles. The number of nitrogens with one attached hydrogen (secondary N) is 1. The Bertz CT molecular complexity index is 98.5. The predicted molar refractivity (Wildman–Crippen MR) is 31.0 cm³/mol. The zero-order chi connectivity index (χ0) is 7.86. The van der Waals surface area contributed by atoms with E-state index in [0.717, 1.165) is 0 Å². The molecule has 0 amide bonds. The lowest BCUT2D eigenvalue weighted by Gasteiger charge is -1.79. The van der Waals surface area contributed by atoms with Gasteiger partial charge in [0.2, 0.25) is 0 Å². The van der Waals surface area contributed by atoms with E-state index in [4.69, 9.17) is 26.5 Å². The van der Waals surface area contributed by atoms with Crippen LogP contribution < -0.4 is 5.73 Å². The predicted octanol–water partition coefficient (Wildman–Crippen LogP) is -0.0153. The van der Waals surface area contributed by atoms with Crippen LogP contribution in [0.25, 0.3) is 0 Å². The molecule has 0 heterocycles. The van der Waals surface area contributed by atoms with Crippen molar-refractivity contribution in [3.8, 4) is 0 Å². The summed E-state index contributed by atoms with van der Waals surface area (Å²) in [5.74, 6) is 0.255. The summed E-state index contributed by atoms with van der Waals surface area (Å²) in [6, 6.07) is 0. The lowest BCUT2D eigenvalue weighted by molar-refractivity contribution is -0.742. The lowest BCUT2D eigenvalue weighted by atomic mass is 10.5. The monoisotopic (exact) mass is 135 g/mol. The molecule has 0 aliphatic carbocycles. The zero-order valence-corrected chi connectivity index (χ0v) is 5.00. The topological polar surface area (TPSA) is 113 Å². The summed E-state index contributed by atoms with van der Waals surface area (Å²) in [5.41, 5.74) is 4.88. The van der Waals surface area contributed by atoms with Crippen molar-refractivity contribution in [3.63, 3.8) is 0 Å². The average molecular weight is 135 g/mol. The maximum absolute atomic E-state index is 8.36. The molecular formula is C3H9N3O3.